The first kappa shape index (κ1) is 37.3. The fourth-order valence-corrected chi connectivity index (χ4v) is 9.71. The van der Waals surface area contributed by atoms with E-state index in [9.17, 15) is 0 Å². The normalized spacial score (nSPS) is 11.4. The van der Waals surface area contributed by atoms with E-state index in [4.69, 9.17) is 0 Å². The van der Waals surface area contributed by atoms with Gasteiger partial charge in [-0.05, 0) is 139 Å². The lowest BCUT2D eigenvalue weighted by molar-refractivity contribution is 1.18. The van der Waals surface area contributed by atoms with Gasteiger partial charge in [0.25, 0.3) is 0 Å². The molecule has 1 aromatic heterocycles. The maximum Gasteiger partial charge on any atom is 0.0547 e. The van der Waals surface area contributed by atoms with Crippen molar-refractivity contribution in [1.29, 1.82) is 0 Å². The van der Waals surface area contributed by atoms with Crippen molar-refractivity contribution in [3.8, 4) is 50.2 Å². The van der Waals surface area contributed by atoms with Crippen molar-refractivity contribution in [3.05, 3.63) is 255 Å². The first-order chi connectivity index (χ1) is 31.7. The molecule has 0 saturated heterocycles. The third-order valence-corrected chi connectivity index (χ3v) is 12.7. The van der Waals surface area contributed by atoms with Crippen molar-refractivity contribution in [2.24, 2.45) is 0 Å². The smallest absolute Gasteiger partial charge is 0.0547 e. The van der Waals surface area contributed by atoms with E-state index in [0.717, 1.165) is 39.4 Å². The lowest BCUT2D eigenvalue weighted by atomic mass is 9.96. The molecule has 2 nitrogen and oxygen atoms in total. The zero-order valence-electron chi connectivity index (χ0n) is 35.1. The van der Waals surface area contributed by atoms with Gasteiger partial charge >= 0.3 is 0 Å². The fourth-order valence-electron chi connectivity index (χ4n) is 9.71. The van der Waals surface area contributed by atoms with Crippen molar-refractivity contribution < 1.29 is 0 Å². The molecule has 0 saturated carbocycles. The summed E-state index contributed by atoms with van der Waals surface area (Å²) in [4.78, 5) is 2.42. The molecule has 0 unspecified atom stereocenters. The standard InChI is InChI=1S/C62H42N2/c1-4-16-43(17-5-1)50-39-51(44-18-6-2-7-19-44)42-55(41-50)63(53-35-32-45(33-36-53)47-34-37-57-49(38-47)31-30-46-20-10-11-25-56(46)57)54-24-14-21-48(40-54)58-27-15-29-61-62(58)59-26-12-13-28-60(59)64(61)52-22-8-3-9-23-52/h1-42H. The van der Waals surface area contributed by atoms with E-state index in [-0.39, 0.29) is 0 Å². The van der Waals surface area contributed by atoms with Crippen LogP contribution < -0.4 is 4.90 Å². The highest BCUT2D eigenvalue weighted by Crippen LogP contribution is 2.44. The number of hydrogen-bond acceptors (Lipinski definition) is 1. The van der Waals surface area contributed by atoms with Crippen molar-refractivity contribution in [2.45, 2.75) is 0 Å². The summed E-state index contributed by atoms with van der Waals surface area (Å²) < 4.78 is 2.39. The van der Waals surface area contributed by atoms with Crippen molar-refractivity contribution in [3.63, 3.8) is 0 Å². The molecule has 0 fully saturated rings. The Balaban J connectivity index is 1.04. The van der Waals surface area contributed by atoms with Crippen LogP contribution in [0.15, 0.2) is 255 Å². The van der Waals surface area contributed by atoms with Gasteiger partial charge in [-0.1, -0.05) is 182 Å². The molecule has 0 aliphatic heterocycles. The summed E-state index contributed by atoms with van der Waals surface area (Å²) in [7, 11) is 0. The van der Waals surface area contributed by atoms with Crippen LogP contribution in [0.5, 0.6) is 0 Å². The summed E-state index contributed by atoms with van der Waals surface area (Å²) in [6.45, 7) is 0. The van der Waals surface area contributed by atoms with Crippen LogP contribution in [0.2, 0.25) is 0 Å². The highest BCUT2D eigenvalue weighted by Gasteiger charge is 2.20. The predicted molar refractivity (Wildman–Crippen MR) is 272 cm³/mol. The van der Waals surface area contributed by atoms with Gasteiger partial charge in [0.2, 0.25) is 0 Å². The molecule has 12 aromatic rings. The number of hydrogen-bond donors (Lipinski definition) is 0. The number of nitrogens with zero attached hydrogens (tertiary/aromatic N) is 2. The quantitative estimate of drug-likeness (QED) is 0.139. The molecule has 0 aliphatic rings. The van der Waals surface area contributed by atoms with E-state index >= 15 is 0 Å². The fraction of sp³-hybridized carbons (Fsp3) is 0. The minimum Gasteiger partial charge on any atom is -0.310 e. The Kier molecular flexibility index (Phi) is 9.20. The molecule has 300 valence electrons. The van der Waals surface area contributed by atoms with E-state index in [1.807, 2.05) is 0 Å². The largest absolute Gasteiger partial charge is 0.310 e. The summed E-state index contributed by atoms with van der Waals surface area (Å²) in [6, 6.07) is 92.8. The van der Waals surface area contributed by atoms with E-state index in [2.05, 4.69) is 264 Å². The average molecular weight is 815 g/mol. The van der Waals surface area contributed by atoms with Gasteiger partial charge in [0.15, 0.2) is 0 Å². The third kappa shape index (κ3) is 6.61. The van der Waals surface area contributed by atoms with Gasteiger partial charge in [-0.15, -0.1) is 0 Å². The minimum atomic E-state index is 1.08. The maximum atomic E-state index is 2.42. The Labute approximate surface area is 373 Å². The molecule has 64 heavy (non-hydrogen) atoms. The van der Waals surface area contributed by atoms with E-state index in [0.29, 0.717) is 0 Å². The van der Waals surface area contributed by atoms with Crippen LogP contribution in [-0.4, -0.2) is 4.57 Å². The third-order valence-electron chi connectivity index (χ3n) is 12.7. The molecule has 0 amide bonds. The summed E-state index contributed by atoms with van der Waals surface area (Å²) in [6.07, 6.45) is 0. The molecule has 0 bridgehead atoms. The number of anilines is 3. The van der Waals surface area contributed by atoms with Crippen molar-refractivity contribution >= 4 is 60.4 Å². The maximum absolute atomic E-state index is 2.42. The zero-order chi connectivity index (χ0) is 42.4. The summed E-state index contributed by atoms with van der Waals surface area (Å²) >= 11 is 0. The van der Waals surface area contributed by atoms with E-state index in [1.54, 1.807) is 0 Å². The monoisotopic (exact) mass is 814 g/mol. The predicted octanol–water partition coefficient (Wildman–Crippen LogP) is 17.2. The molecule has 0 N–H and O–H groups in total. The van der Waals surface area contributed by atoms with Crippen molar-refractivity contribution in [1.82, 2.24) is 4.57 Å². The van der Waals surface area contributed by atoms with E-state index < -0.39 is 0 Å². The number of aromatic nitrogens is 1. The summed E-state index contributed by atoms with van der Waals surface area (Å²) in [5.74, 6) is 0. The molecular weight excluding hydrogens is 773 g/mol. The molecule has 1 heterocycles. The van der Waals surface area contributed by atoms with Gasteiger partial charge in [-0.2, -0.15) is 0 Å². The Hall–Kier alpha value is -8.46. The molecule has 12 rings (SSSR count). The van der Waals surface area contributed by atoms with Gasteiger partial charge in [0, 0.05) is 33.5 Å². The first-order valence-electron chi connectivity index (χ1n) is 22.0. The number of fused-ring (bicyclic) bond motifs is 6. The summed E-state index contributed by atoms with van der Waals surface area (Å²) in [5.41, 5.74) is 16.2. The van der Waals surface area contributed by atoms with Gasteiger partial charge in [-0.3, -0.25) is 0 Å². The number of para-hydroxylation sites is 2. The minimum absolute atomic E-state index is 1.08. The Bertz CT molecular complexity index is 3590. The Morgan fingerprint density at radius 2 is 0.812 bits per heavy atom. The zero-order valence-corrected chi connectivity index (χ0v) is 35.1. The van der Waals surface area contributed by atoms with Crippen LogP contribution in [0.1, 0.15) is 0 Å². The van der Waals surface area contributed by atoms with Crippen LogP contribution in [0.3, 0.4) is 0 Å². The lowest BCUT2D eigenvalue weighted by Gasteiger charge is -2.27. The number of benzene rings is 11. The Morgan fingerprint density at radius 3 is 1.56 bits per heavy atom. The van der Waals surface area contributed by atoms with Gasteiger partial charge in [-0.25, -0.2) is 0 Å². The second-order valence-electron chi connectivity index (χ2n) is 16.5. The number of rotatable bonds is 8. The molecule has 0 aliphatic carbocycles. The first-order valence-corrected chi connectivity index (χ1v) is 22.0. The molecule has 0 spiro atoms. The SMILES string of the molecule is c1ccc(-c2cc(-c3ccccc3)cc(N(c3ccc(-c4ccc5c(ccc6ccccc65)c4)cc3)c3cccc(-c4cccc5c4c4ccccc4n5-c4ccccc4)c3)c2)cc1. The van der Waals surface area contributed by atoms with Gasteiger partial charge in [0.05, 0.1) is 11.0 Å². The topological polar surface area (TPSA) is 8.17 Å². The van der Waals surface area contributed by atoms with Gasteiger partial charge in [0.1, 0.15) is 0 Å². The molecule has 0 radical (unpaired) electrons. The molecule has 11 aromatic carbocycles. The summed E-state index contributed by atoms with van der Waals surface area (Å²) in [5, 5.41) is 7.55. The molecular formula is C62H42N2. The van der Waals surface area contributed by atoms with Crippen molar-refractivity contribution in [2.75, 3.05) is 4.90 Å². The van der Waals surface area contributed by atoms with Crippen LogP contribution in [-0.2, 0) is 0 Å². The molecule has 0 atom stereocenters. The van der Waals surface area contributed by atoms with Crippen LogP contribution >= 0.6 is 0 Å². The van der Waals surface area contributed by atoms with Crippen LogP contribution in [0.4, 0.5) is 17.1 Å². The molecule has 2 heteroatoms. The second-order valence-corrected chi connectivity index (χ2v) is 16.5. The Morgan fingerprint density at radius 1 is 0.266 bits per heavy atom. The highest BCUT2D eigenvalue weighted by atomic mass is 15.1. The van der Waals surface area contributed by atoms with Crippen LogP contribution in [0.25, 0.3) is 93.5 Å². The highest BCUT2D eigenvalue weighted by molar-refractivity contribution is 6.16. The second kappa shape index (κ2) is 15.8. The van der Waals surface area contributed by atoms with E-state index in [1.165, 1.54) is 71.2 Å². The van der Waals surface area contributed by atoms with Gasteiger partial charge < -0.3 is 9.47 Å². The average Bonchev–Trinajstić information content (AvgIpc) is 3.72. The lowest BCUT2D eigenvalue weighted by Crippen LogP contribution is -2.10. The van der Waals surface area contributed by atoms with Crippen LogP contribution in [0, 0.1) is 0 Å².